The lowest BCUT2D eigenvalue weighted by atomic mass is 9.84. The van der Waals surface area contributed by atoms with E-state index in [4.69, 9.17) is 4.74 Å². The number of hydrogen-bond acceptors (Lipinski definition) is 3. The molecule has 3 rings (SSSR count). The van der Waals surface area contributed by atoms with Crippen LogP contribution in [0.3, 0.4) is 0 Å². The Morgan fingerprint density at radius 3 is 2.22 bits per heavy atom. The van der Waals surface area contributed by atoms with Crippen molar-refractivity contribution in [1.82, 2.24) is 5.32 Å². The Labute approximate surface area is 138 Å². The van der Waals surface area contributed by atoms with Crippen LogP contribution >= 0.6 is 0 Å². The Balaban J connectivity index is 1.69. The molecule has 0 aliphatic carbocycles. The molecule has 0 amide bonds. The highest BCUT2D eigenvalue weighted by atomic mass is 16.5. The summed E-state index contributed by atoms with van der Waals surface area (Å²) in [4.78, 5) is 0. The third kappa shape index (κ3) is 4.41. The second-order valence-electron chi connectivity index (χ2n) is 6.34. The number of aliphatic hydroxyl groups excluding tert-OH is 1. The zero-order valence-electron chi connectivity index (χ0n) is 13.4. The van der Waals surface area contributed by atoms with E-state index in [1.807, 2.05) is 48.5 Å². The van der Waals surface area contributed by atoms with Crippen molar-refractivity contribution in [3.8, 4) is 0 Å². The third-order valence-corrected chi connectivity index (χ3v) is 4.65. The molecule has 0 radical (unpaired) electrons. The van der Waals surface area contributed by atoms with E-state index >= 15 is 0 Å². The van der Waals surface area contributed by atoms with E-state index in [2.05, 4.69) is 17.4 Å². The number of benzene rings is 2. The predicted molar refractivity (Wildman–Crippen MR) is 92.1 cm³/mol. The summed E-state index contributed by atoms with van der Waals surface area (Å²) in [5, 5.41) is 14.0. The zero-order valence-corrected chi connectivity index (χ0v) is 13.4. The van der Waals surface area contributed by atoms with Gasteiger partial charge in [-0.3, -0.25) is 0 Å². The maximum absolute atomic E-state index is 10.6. The van der Waals surface area contributed by atoms with E-state index in [0.717, 1.165) is 31.5 Å². The number of aliphatic hydroxyl groups is 1. The number of rotatable bonds is 6. The lowest BCUT2D eigenvalue weighted by Crippen LogP contribution is -2.45. The molecule has 1 unspecified atom stereocenters. The van der Waals surface area contributed by atoms with Crippen LogP contribution in [-0.2, 0) is 11.3 Å². The van der Waals surface area contributed by atoms with Crippen LogP contribution in [0, 0.1) is 0 Å². The van der Waals surface area contributed by atoms with Gasteiger partial charge >= 0.3 is 0 Å². The molecule has 0 spiro atoms. The summed E-state index contributed by atoms with van der Waals surface area (Å²) in [6.45, 7) is 2.48. The highest BCUT2D eigenvalue weighted by molar-refractivity contribution is 5.18. The van der Waals surface area contributed by atoms with Crippen LogP contribution in [0.15, 0.2) is 60.7 Å². The van der Waals surface area contributed by atoms with Crippen molar-refractivity contribution in [3.05, 3.63) is 71.8 Å². The van der Waals surface area contributed by atoms with Gasteiger partial charge in [0.15, 0.2) is 0 Å². The minimum atomic E-state index is -0.481. The van der Waals surface area contributed by atoms with Crippen LogP contribution in [0.25, 0.3) is 0 Å². The van der Waals surface area contributed by atoms with Crippen molar-refractivity contribution < 1.29 is 9.84 Å². The summed E-state index contributed by atoms with van der Waals surface area (Å²) in [5.41, 5.74) is 1.89. The summed E-state index contributed by atoms with van der Waals surface area (Å²) in [6.07, 6.45) is 2.03. The van der Waals surface area contributed by atoms with Crippen molar-refractivity contribution in [2.75, 3.05) is 13.1 Å². The summed E-state index contributed by atoms with van der Waals surface area (Å²) >= 11 is 0. The Hall–Kier alpha value is -1.68. The molecule has 0 aromatic heterocycles. The third-order valence-electron chi connectivity index (χ3n) is 4.65. The lowest BCUT2D eigenvalue weighted by molar-refractivity contribution is -0.101. The van der Waals surface area contributed by atoms with Crippen molar-refractivity contribution in [3.63, 3.8) is 0 Å². The van der Waals surface area contributed by atoms with E-state index in [1.54, 1.807) is 0 Å². The molecule has 2 aromatic rings. The first-order valence-electron chi connectivity index (χ1n) is 8.39. The molecule has 3 heteroatoms. The molecule has 1 atom stereocenters. The zero-order chi connectivity index (χ0) is 16.0. The molecule has 23 heavy (non-hydrogen) atoms. The van der Waals surface area contributed by atoms with Gasteiger partial charge in [0, 0.05) is 6.42 Å². The van der Waals surface area contributed by atoms with E-state index in [1.165, 1.54) is 5.56 Å². The van der Waals surface area contributed by atoms with Gasteiger partial charge < -0.3 is 15.2 Å². The van der Waals surface area contributed by atoms with Crippen molar-refractivity contribution in [2.45, 2.75) is 37.6 Å². The van der Waals surface area contributed by atoms with Crippen LogP contribution in [-0.4, -0.2) is 23.8 Å². The first-order valence-corrected chi connectivity index (χ1v) is 8.39. The van der Waals surface area contributed by atoms with Crippen LogP contribution in [0.2, 0.25) is 0 Å². The van der Waals surface area contributed by atoms with Crippen LogP contribution in [0.4, 0.5) is 0 Å². The minimum absolute atomic E-state index is 0.254. The normalized spacial score (nSPS) is 18.5. The standard InChI is InChI=1S/C20H25NO2/c22-19(18-9-5-2-6-10-18)15-20(11-13-21-14-12-20)23-16-17-7-3-1-4-8-17/h1-10,19,21-22H,11-16H2. The number of ether oxygens (including phenoxy) is 1. The van der Waals surface area contributed by atoms with Gasteiger partial charge in [-0.25, -0.2) is 0 Å². The predicted octanol–water partition coefficient (Wildman–Crippen LogP) is 3.45. The van der Waals surface area contributed by atoms with Gasteiger partial charge in [0.25, 0.3) is 0 Å². The van der Waals surface area contributed by atoms with Gasteiger partial charge in [0.2, 0.25) is 0 Å². The van der Waals surface area contributed by atoms with E-state index in [0.29, 0.717) is 13.0 Å². The van der Waals surface area contributed by atoms with Gasteiger partial charge in [0.05, 0.1) is 18.3 Å². The smallest absolute Gasteiger partial charge is 0.0817 e. The maximum Gasteiger partial charge on any atom is 0.0817 e. The SMILES string of the molecule is OC(CC1(OCc2ccccc2)CCNCC1)c1ccccc1. The first kappa shape index (κ1) is 16.2. The van der Waals surface area contributed by atoms with Gasteiger partial charge in [-0.1, -0.05) is 60.7 Å². The minimum Gasteiger partial charge on any atom is -0.388 e. The topological polar surface area (TPSA) is 41.5 Å². The van der Waals surface area contributed by atoms with Crippen LogP contribution < -0.4 is 5.32 Å². The van der Waals surface area contributed by atoms with E-state index in [9.17, 15) is 5.11 Å². The molecule has 2 aromatic carbocycles. The molecular formula is C20H25NO2. The fourth-order valence-electron chi connectivity index (χ4n) is 3.25. The first-order chi connectivity index (χ1) is 11.3. The highest BCUT2D eigenvalue weighted by Gasteiger charge is 2.35. The number of nitrogens with one attached hydrogen (secondary N) is 1. The summed E-state index contributed by atoms with van der Waals surface area (Å²) in [6, 6.07) is 20.1. The van der Waals surface area contributed by atoms with Crippen LogP contribution in [0.1, 0.15) is 36.5 Å². The van der Waals surface area contributed by atoms with Gasteiger partial charge in [-0.05, 0) is 37.1 Å². The molecule has 0 bridgehead atoms. The van der Waals surface area contributed by atoms with Crippen LogP contribution in [0.5, 0.6) is 0 Å². The fraction of sp³-hybridized carbons (Fsp3) is 0.400. The van der Waals surface area contributed by atoms with Gasteiger partial charge in [0.1, 0.15) is 0 Å². The molecule has 122 valence electrons. The highest BCUT2D eigenvalue weighted by Crippen LogP contribution is 2.34. The molecule has 1 saturated heterocycles. The maximum atomic E-state index is 10.6. The van der Waals surface area contributed by atoms with Crippen molar-refractivity contribution in [1.29, 1.82) is 0 Å². The van der Waals surface area contributed by atoms with Gasteiger partial charge in [-0.15, -0.1) is 0 Å². The molecular weight excluding hydrogens is 286 g/mol. The molecule has 1 aliphatic rings. The summed E-state index contributed by atoms with van der Waals surface area (Å²) in [7, 11) is 0. The Kier molecular flexibility index (Phi) is 5.44. The monoisotopic (exact) mass is 311 g/mol. The summed E-state index contributed by atoms with van der Waals surface area (Å²) in [5.74, 6) is 0. The average molecular weight is 311 g/mol. The Bertz CT molecular complexity index is 579. The summed E-state index contributed by atoms with van der Waals surface area (Å²) < 4.78 is 6.35. The number of piperidine rings is 1. The van der Waals surface area contributed by atoms with Gasteiger partial charge in [-0.2, -0.15) is 0 Å². The Morgan fingerprint density at radius 2 is 1.57 bits per heavy atom. The van der Waals surface area contributed by atoms with E-state index in [-0.39, 0.29) is 5.60 Å². The van der Waals surface area contributed by atoms with Crippen molar-refractivity contribution >= 4 is 0 Å². The lowest BCUT2D eigenvalue weighted by Gasteiger charge is -2.39. The largest absolute Gasteiger partial charge is 0.388 e. The van der Waals surface area contributed by atoms with Crippen molar-refractivity contribution in [2.24, 2.45) is 0 Å². The molecule has 1 heterocycles. The molecule has 3 nitrogen and oxygen atoms in total. The Morgan fingerprint density at radius 1 is 0.957 bits per heavy atom. The second kappa shape index (κ2) is 7.73. The molecule has 0 saturated carbocycles. The number of hydrogen-bond donors (Lipinski definition) is 2. The average Bonchev–Trinajstić information content (AvgIpc) is 2.62. The fourth-order valence-corrected chi connectivity index (χ4v) is 3.25. The molecule has 2 N–H and O–H groups in total. The molecule has 1 fully saturated rings. The quantitative estimate of drug-likeness (QED) is 0.858. The second-order valence-corrected chi connectivity index (χ2v) is 6.34. The van der Waals surface area contributed by atoms with E-state index < -0.39 is 6.10 Å². The molecule has 1 aliphatic heterocycles.